The Morgan fingerprint density at radius 1 is 1.22 bits per heavy atom. The van der Waals surface area contributed by atoms with Crippen LogP contribution in [0.5, 0.6) is 0 Å². The molecule has 0 spiro atoms. The average molecular weight is 464 g/mol. The zero-order chi connectivity index (χ0) is 23.0. The number of anilines is 1. The lowest BCUT2D eigenvalue weighted by molar-refractivity contribution is -0.137. The van der Waals surface area contributed by atoms with Gasteiger partial charge < -0.3 is 10.3 Å². The van der Waals surface area contributed by atoms with E-state index in [-0.39, 0.29) is 16.9 Å². The molecule has 170 valence electrons. The molecule has 1 aromatic carbocycles. The molecule has 2 aliphatic rings. The molecule has 2 aromatic rings. The average Bonchev–Trinajstić information content (AvgIpc) is 2.72. The third-order valence-electron chi connectivity index (χ3n) is 5.72. The largest absolute Gasteiger partial charge is 0.416 e. The van der Waals surface area contributed by atoms with Gasteiger partial charge in [-0.15, -0.1) is 0 Å². The molecular weight excluding hydrogens is 439 g/mol. The predicted molar refractivity (Wildman–Crippen MR) is 118 cm³/mol. The van der Waals surface area contributed by atoms with E-state index in [0.717, 1.165) is 24.3 Å². The van der Waals surface area contributed by atoms with Gasteiger partial charge in [0.1, 0.15) is 5.82 Å². The number of nitrogens with one attached hydrogen (secondary N) is 2. The molecular formula is C23H24F3N3O2S. The van der Waals surface area contributed by atoms with Crippen LogP contribution in [-0.4, -0.2) is 21.5 Å². The number of hydrogen-bond acceptors (Lipinski definition) is 5. The van der Waals surface area contributed by atoms with Gasteiger partial charge in [0.05, 0.1) is 11.1 Å². The highest BCUT2D eigenvalue weighted by Gasteiger charge is 2.39. The van der Waals surface area contributed by atoms with Crippen molar-refractivity contribution in [2.75, 3.05) is 11.1 Å². The quantitative estimate of drug-likeness (QED) is 0.453. The maximum Gasteiger partial charge on any atom is 0.416 e. The number of ketones is 1. The van der Waals surface area contributed by atoms with Gasteiger partial charge in [0, 0.05) is 29.4 Å². The Kier molecular flexibility index (Phi) is 6.20. The Bertz CT molecular complexity index is 1140. The number of allylic oxidation sites excluding steroid dienone is 2. The molecule has 0 saturated carbocycles. The van der Waals surface area contributed by atoms with E-state index in [1.165, 1.54) is 23.9 Å². The minimum atomic E-state index is -4.53. The van der Waals surface area contributed by atoms with Crippen LogP contribution in [0.15, 0.2) is 45.5 Å². The lowest BCUT2D eigenvalue weighted by Crippen LogP contribution is -2.32. The molecule has 1 aliphatic carbocycles. The van der Waals surface area contributed by atoms with E-state index >= 15 is 0 Å². The molecule has 1 atom stereocenters. The number of thioether (sulfide) groups is 1. The smallest absolute Gasteiger partial charge is 0.343 e. The van der Waals surface area contributed by atoms with Crippen LogP contribution in [0.2, 0.25) is 0 Å². The maximum atomic E-state index is 13.4. The van der Waals surface area contributed by atoms with Crippen molar-refractivity contribution in [3.8, 4) is 0 Å². The molecule has 0 unspecified atom stereocenters. The minimum absolute atomic E-state index is 0.151. The summed E-state index contributed by atoms with van der Waals surface area (Å²) in [6, 6.07) is 4.86. The third-order valence-corrected chi connectivity index (χ3v) is 6.62. The summed E-state index contributed by atoms with van der Waals surface area (Å²) in [5, 5.41) is 3.60. The number of rotatable bonds is 5. The van der Waals surface area contributed by atoms with E-state index in [0.29, 0.717) is 47.4 Å². The van der Waals surface area contributed by atoms with Crippen molar-refractivity contribution in [1.82, 2.24) is 9.97 Å². The number of fused-ring (bicyclic) bond motifs is 1. The van der Waals surface area contributed by atoms with Gasteiger partial charge in [-0.1, -0.05) is 43.8 Å². The molecule has 9 heteroatoms. The fraction of sp³-hybridized carbons (Fsp3) is 0.435. The number of nitrogens with zero attached hydrogens (tertiary/aromatic N) is 1. The summed E-state index contributed by atoms with van der Waals surface area (Å²) in [5.41, 5.74) is 0.208. The zero-order valence-electron chi connectivity index (χ0n) is 17.8. The standard InChI is InChI=1S/C23H24F3N3O2S/c1-12(2)9-10-32-22-28-20-19(21(31)29-22)17(18-15(27-20)7-4-8-16(18)30)13-5-3-6-14(11-13)23(24,25)26/h3,5-6,11-12,17H,4,7-10H2,1-2H3,(H2,27,28,29,31)/t17-/m0/s1. The molecule has 2 heterocycles. The number of Topliss-reactive ketones (excluding diaryl/α,β-unsaturated/α-hetero) is 1. The molecule has 1 aromatic heterocycles. The zero-order valence-corrected chi connectivity index (χ0v) is 18.6. The third kappa shape index (κ3) is 4.48. The number of aromatic nitrogens is 2. The van der Waals surface area contributed by atoms with Crippen LogP contribution in [0.25, 0.3) is 0 Å². The van der Waals surface area contributed by atoms with Gasteiger partial charge in [0.2, 0.25) is 0 Å². The molecule has 1 aliphatic heterocycles. The first-order chi connectivity index (χ1) is 15.1. The fourth-order valence-electron chi connectivity index (χ4n) is 4.13. The Morgan fingerprint density at radius 3 is 2.72 bits per heavy atom. The number of H-pyrrole nitrogens is 1. The molecule has 5 nitrogen and oxygen atoms in total. The van der Waals surface area contributed by atoms with Crippen molar-refractivity contribution in [2.45, 2.75) is 56.8 Å². The first-order valence-corrected chi connectivity index (χ1v) is 11.6. The number of halogens is 3. The van der Waals surface area contributed by atoms with E-state index in [9.17, 15) is 22.8 Å². The number of hydrogen-bond donors (Lipinski definition) is 2. The predicted octanol–water partition coefficient (Wildman–Crippen LogP) is 5.49. The summed E-state index contributed by atoms with van der Waals surface area (Å²) >= 11 is 1.43. The molecule has 0 saturated heterocycles. The van der Waals surface area contributed by atoms with Crippen molar-refractivity contribution in [3.05, 3.63) is 62.6 Å². The summed E-state index contributed by atoms with van der Waals surface area (Å²) < 4.78 is 40.1. The minimum Gasteiger partial charge on any atom is -0.343 e. The Labute approximate surface area is 187 Å². The molecule has 0 bridgehead atoms. The maximum absolute atomic E-state index is 13.4. The van der Waals surface area contributed by atoms with Crippen LogP contribution in [0.4, 0.5) is 19.0 Å². The number of alkyl halides is 3. The van der Waals surface area contributed by atoms with Gasteiger partial charge in [0.15, 0.2) is 10.9 Å². The number of carbonyl (C=O) groups excluding carboxylic acids is 1. The van der Waals surface area contributed by atoms with Crippen molar-refractivity contribution >= 4 is 23.4 Å². The first kappa shape index (κ1) is 22.6. The van der Waals surface area contributed by atoms with Crippen molar-refractivity contribution in [2.24, 2.45) is 5.92 Å². The number of benzene rings is 1. The van der Waals surface area contributed by atoms with Crippen LogP contribution in [0.1, 0.15) is 62.1 Å². The molecule has 2 N–H and O–H groups in total. The summed E-state index contributed by atoms with van der Waals surface area (Å²) in [5.74, 6) is 0.569. The van der Waals surface area contributed by atoms with E-state index < -0.39 is 23.2 Å². The van der Waals surface area contributed by atoms with Crippen LogP contribution in [0.3, 0.4) is 0 Å². The SMILES string of the molecule is CC(C)CCSc1nc2c(c(=O)[nH]1)[C@@H](c1cccc(C(F)(F)F)c1)C1=C(CCCC1=O)N2. The Balaban J connectivity index is 1.83. The normalized spacial score (nSPS) is 18.4. The van der Waals surface area contributed by atoms with E-state index in [2.05, 4.69) is 29.1 Å². The highest BCUT2D eigenvalue weighted by molar-refractivity contribution is 7.99. The van der Waals surface area contributed by atoms with E-state index in [1.807, 2.05) is 0 Å². The summed E-state index contributed by atoms with van der Waals surface area (Å²) in [6.07, 6.45) is -2.04. The van der Waals surface area contributed by atoms with Crippen molar-refractivity contribution in [3.63, 3.8) is 0 Å². The van der Waals surface area contributed by atoms with Crippen molar-refractivity contribution in [1.29, 1.82) is 0 Å². The summed E-state index contributed by atoms with van der Waals surface area (Å²) in [6.45, 7) is 4.22. The second-order valence-electron chi connectivity index (χ2n) is 8.51. The first-order valence-electron chi connectivity index (χ1n) is 10.6. The lowest BCUT2D eigenvalue weighted by Gasteiger charge is -2.33. The van der Waals surface area contributed by atoms with Gasteiger partial charge in [-0.2, -0.15) is 13.2 Å². The van der Waals surface area contributed by atoms with Crippen LogP contribution < -0.4 is 10.9 Å². The van der Waals surface area contributed by atoms with E-state index in [4.69, 9.17) is 0 Å². The highest BCUT2D eigenvalue weighted by Crippen LogP contribution is 2.44. The van der Waals surface area contributed by atoms with Gasteiger partial charge >= 0.3 is 6.18 Å². The highest BCUT2D eigenvalue weighted by atomic mass is 32.2. The topological polar surface area (TPSA) is 74.8 Å². The van der Waals surface area contributed by atoms with Gasteiger partial charge in [0.25, 0.3) is 5.56 Å². The number of carbonyl (C=O) groups is 1. The second-order valence-corrected chi connectivity index (χ2v) is 9.60. The Morgan fingerprint density at radius 2 is 2.00 bits per heavy atom. The van der Waals surface area contributed by atoms with Gasteiger partial charge in [-0.25, -0.2) is 4.98 Å². The summed E-state index contributed by atoms with van der Waals surface area (Å²) in [7, 11) is 0. The fourth-order valence-corrected chi connectivity index (χ4v) is 5.23. The molecule has 0 radical (unpaired) electrons. The molecule has 32 heavy (non-hydrogen) atoms. The van der Waals surface area contributed by atoms with Crippen LogP contribution in [0, 0.1) is 5.92 Å². The number of aromatic amines is 1. The van der Waals surface area contributed by atoms with Gasteiger partial charge in [-0.3, -0.25) is 9.59 Å². The van der Waals surface area contributed by atoms with Crippen LogP contribution >= 0.6 is 11.8 Å². The molecule has 4 rings (SSSR count). The molecule has 0 fully saturated rings. The second kappa shape index (κ2) is 8.77. The summed E-state index contributed by atoms with van der Waals surface area (Å²) in [4.78, 5) is 33.3. The molecule has 0 amide bonds. The van der Waals surface area contributed by atoms with Gasteiger partial charge in [-0.05, 0) is 36.8 Å². The monoisotopic (exact) mass is 463 g/mol. The Hall–Kier alpha value is -2.55. The van der Waals surface area contributed by atoms with E-state index in [1.54, 1.807) is 0 Å². The van der Waals surface area contributed by atoms with Crippen LogP contribution in [-0.2, 0) is 11.0 Å². The lowest BCUT2D eigenvalue weighted by atomic mass is 9.76. The van der Waals surface area contributed by atoms with Crippen molar-refractivity contribution < 1.29 is 18.0 Å².